The van der Waals surface area contributed by atoms with Gasteiger partial charge in [-0.1, -0.05) is 12.1 Å². The van der Waals surface area contributed by atoms with E-state index in [1.165, 1.54) is 39.4 Å². The Morgan fingerprint density at radius 1 is 1.11 bits per heavy atom. The molecule has 3 aromatic heterocycles. The molecule has 4 aromatic rings. The molecule has 0 aliphatic carbocycles. The first-order valence-corrected chi connectivity index (χ1v) is 10.6. The fraction of sp³-hybridized carbons (Fsp3) is 0.167. The van der Waals surface area contributed by atoms with Crippen LogP contribution in [0.1, 0.15) is 39.0 Å². The number of hydrogen-bond donors (Lipinski definition) is 2. The number of nitrogens with one attached hydrogen (secondary N) is 1. The van der Waals surface area contributed by atoms with Gasteiger partial charge >= 0.3 is 12.1 Å². The van der Waals surface area contributed by atoms with Crippen LogP contribution in [0.25, 0.3) is 16.9 Å². The number of carboxylic acids is 1. The van der Waals surface area contributed by atoms with Gasteiger partial charge in [0.15, 0.2) is 17.3 Å². The number of halogens is 3. The maximum atomic E-state index is 13.4. The molecular weight excluding hydrogens is 493 g/mol. The normalized spacial score (nSPS) is 11.3. The number of aromatic nitrogens is 5. The Labute approximate surface area is 207 Å². The lowest BCUT2D eigenvalue weighted by molar-refractivity contribution is -0.141. The minimum absolute atomic E-state index is 0.00263. The number of aryl methyl sites for hydroxylation is 1. The number of Topliss-reactive ketones (excluding diaryl/α,β-unsaturated/α-hetero) is 1. The number of carboxylic acid groups (broad SMARTS) is 1. The summed E-state index contributed by atoms with van der Waals surface area (Å²) in [6.45, 7) is 2.84. The zero-order valence-electron chi connectivity index (χ0n) is 19.7. The first-order chi connectivity index (χ1) is 17.5. The van der Waals surface area contributed by atoms with Crippen LogP contribution in [-0.4, -0.2) is 48.7 Å². The summed E-state index contributed by atoms with van der Waals surface area (Å²) in [5.41, 5.74) is 0.0164. The van der Waals surface area contributed by atoms with E-state index in [1.807, 2.05) is 0 Å². The van der Waals surface area contributed by atoms with Crippen molar-refractivity contribution in [2.75, 3.05) is 12.4 Å². The fourth-order valence-electron chi connectivity index (χ4n) is 3.49. The van der Waals surface area contributed by atoms with E-state index in [-0.39, 0.29) is 45.8 Å². The van der Waals surface area contributed by atoms with E-state index in [0.29, 0.717) is 11.3 Å². The first-order valence-electron chi connectivity index (χ1n) is 10.6. The number of alkyl halides is 3. The van der Waals surface area contributed by atoms with Crippen molar-refractivity contribution >= 4 is 23.4 Å². The van der Waals surface area contributed by atoms with E-state index >= 15 is 0 Å². The Hall–Kier alpha value is -4.81. The van der Waals surface area contributed by atoms with Crippen molar-refractivity contribution in [2.45, 2.75) is 20.0 Å². The highest BCUT2D eigenvalue weighted by molar-refractivity contribution is 5.95. The minimum Gasteiger partial charge on any atom is -0.480 e. The number of pyridine rings is 1. The molecule has 3 heterocycles. The van der Waals surface area contributed by atoms with E-state index < -0.39 is 17.8 Å². The molecule has 4 rings (SSSR count). The minimum atomic E-state index is -4.70. The van der Waals surface area contributed by atoms with Gasteiger partial charge in [-0.3, -0.25) is 4.79 Å². The van der Waals surface area contributed by atoms with Crippen LogP contribution in [-0.2, 0) is 6.18 Å². The molecule has 0 atom stereocenters. The van der Waals surface area contributed by atoms with Crippen LogP contribution in [0.2, 0.25) is 0 Å². The number of nitrogens with zero attached hydrogens (tertiary/aromatic N) is 5. The zero-order chi connectivity index (χ0) is 26.9. The number of carbonyl (C=O) groups excluding carboxylic acids is 1. The summed E-state index contributed by atoms with van der Waals surface area (Å²) >= 11 is 0. The largest absolute Gasteiger partial charge is 0.480 e. The zero-order valence-corrected chi connectivity index (χ0v) is 19.7. The molecule has 10 nitrogen and oxygen atoms in total. The SMILES string of the molecule is COc1ncc(-c2cnc(Nc3cccc(C(C)=O)c3)nc2-n2nc(C(F)(F)F)cc2C)cc1C(=O)O. The number of ether oxygens (including phenoxy) is 1. The lowest BCUT2D eigenvalue weighted by Gasteiger charge is -2.14. The topological polar surface area (TPSA) is 132 Å². The van der Waals surface area contributed by atoms with Gasteiger partial charge < -0.3 is 15.2 Å². The summed E-state index contributed by atoms with van der Waals surface area (Å²) in [7, 11) is 1.26. The molecule has 0 radical (unpaired) electrons. The number of ketones is 1. The second-order valence-electron chi connectivity index (χ2n) is 7.86. The Balaban J connectivity index is 1.88. The number of methoxy groups -OCH3 is 1. The lowest BCUT2D eigenvalue weighted by atomic mass is 10.1. The van der Waals surface area contributed by atoms with Gasteiger partial charge in [0.2, 0.25) is 11.8 Å². The van der Waals surface area contributed by atoms with Crippen molar-refractivity contribution < 1.29 is 32.6 Å². The molecule has 0 bridgehead atoms. The van der Waals surface area contributed by atoms with Crippen molar-refractivity contribution in [1.29, 1.82) is 0 Å². The van der Waals surface area contributed by atoms with Gasteiger partial charge in [-0.25, -0.2) is 19.4 Å². The van der Waals surface area contributed by atoms with Crippen molar-refractivity contribution in [2.24, 2.45) is 0 Å². The Morgan fingerprint density at radius 3 is 2.49 bits per heavy atom. The summed E-state index contributed by atoms with van der Waals surface area (Å²) < 4.78 is 46.1. The van der Waals surface area contributed by atoms with Gasteiger partial charge in [-0.05, 0) is 38.1 Å². The number of aromatic carboxylic acids is 1. The van der Waals surface area contributed by atoms with Crippen LogP contribution in [0.5, 0.6) is 5.88 Å². The lowest BCUT2D eigenvalue weighted by Crippen LogP contribution is -2.11. The Bertz CT molecular complexity index is 1520. The maximum absolute atomic E-state index is 13.4. The fourth-order valence-corrected chi connectivity index (χ4v) is 3.49. The second kappa shape index (κ2) is 9.68. The van der Waals surface area contributed by atoms with Crippen molar-refractivity contribution in [3.8, 4) is 22.8 Å². The molecule has 0 fully saturated rings. The molecule has 0 spiro atoms. The van der Waals surface area contributed by atoms with Crippen LogP contribution in [0.15, 0.2) is 48.8 Å². The highest BCUT2D eigenvalue weighted by Crippen LogP contribution is 2.33. The standard InChI is InChI=1S/C24H19F3N6O4/c1-12-7-19(24(25,26)27)32-33(12)20-18(15-9-17(22(35)36)21(37-3)28-10-15)11-29-23(31-20)30-16-6-4-5-14(8-16)13(2)34/h4-11H,1-3H3,(H,35,36)(H,29,30,31). The smallest absolute Gasteiger partial charge is 0.435 e. The molecule has 0 saturated carbocycles. The van der Waals surface area contributed by atoms with Crippen molar-refractivity contribution in [3.05, 3.63) is 71.3 Å². The van der Waals surface area contributed by atoms with Gasteiger partial charge in [0.25, 0.3) is 0 Å². The van der Waals surface area contributed by atoms with Gasteiger partial charge in [-0.2, -0.15) is 23.3 Å². The molecule has 2 N–H and O–H groups in total. The number of benzene rings is 1. The molecule has 0 amide bonds. The average molecular weight is 512 g/mol. The van der Waals surface area contributed by atoms with Crippen molar-refractivity contribution in [1.82, 2.24) is 24.7 Å². The predicted molar refractivity (Wildman–Crippen MR) is 125 cm³/mol. The van der Waals surface area contributed by atoms with E-state index in [1.54, 1.807) is 24.3 Å². The van der Waals surface area contributed by atoms with E-state index in [2.05, 4.69) is 25.4 Å². The van der Waals surface area contributed by atoms with E-state index in [0.717, 1.165) is 10.7 Å². The molecule has 1 aromatic carbocycles. The molecule has 0 aliphatic heterocycles. The predicted octanol–water partition coefficient (Wildman–Crippen LogP) is 4.70. The summed E-state index contributed by atoms with van der Waals surface area (Å²) in [5.74, 6) is -1.67. The average Bonchev–Trinajstić information content (AvgIpc) is 3.26. The molecular formula is C24H19F3N6O4. The summed E-state index contributed by atoms with van der Waals surface area (Å²) in [6, 6.07) is 8.64. The summed E-state index contributed by atoms with van der Waals surface area (Å²) in [6.07, 6.45) is -2.10. The van der Waals surface area contributed by atoms with Gasteiger partial charge in [0.05, 0.1) is 7.11 Å². The molecule has 0 unspecified atom stereocenters. The third kappa shape index (κ3) is 5.24. The van der Waals surface area contributed by atoms with Gasteiger partial charge in [0.1, 0.15) is 5.56 Å². The van der Waals surface area contributed by atoms with E-state index in [4.69, 9.17) is 4.74 Å². The Morgan fingerprint density at radius 2 is 1.86 bits per heavy atom. The number of rotatable bonds is 7. The van der Waals surface area contributed by atoms with E-state index in [9.17, 15) is 27.9 Å². The monoisotopic (exact) mass is 512 g/mol. The molecule has 37 heavy (non-hydrogen) atoms. The summed E-state index contributed by atoms with van der Waals surface area (Å²) in [5, 5.41) is 16.1. The third-order valence-corrected chi connectivity index (χ3v) is 5.26. The highest BCUT2D eigenvalue weighted by Gasteiger charge is 2.35. The van der Waals surface area contributed by atoms with Crippen LogP contribution in [0.3, 0.4) is 0 Å². The number of hydrogen-bond acceptors (Lipinski definition) is 8. The first kappa shape index (κ1) is 25.3. The maximum Gasteiger partial charge on any atom is 0.435 e. The van der Waals surface area contributed by atoms with Crippen LogP contribution < -0.4 is 10.1 Å². The van der Waals surface area contributed by atoms with Crippen LogP contribution in [0, 0.1) is 6.92 Å². The highest BCUT2D eigenvalue weighted by atomic mass is 19.4. The number of carbonyl (C=O) groups is 2. The van der Waals surface area contributed by atoms with Crippen LogP contribution >= 0.6 is 0 Å². The second-order valence-corrected chi connectivity index (χ2v) is 7.86. The molecule has 0 saturated heterocycles. The van der Waals surface area contributed by atoms with Gasteiger partial charge in [-0.15, -0.1) is 0 Å². The molecule has 0 aliphatic rings. The Kier molecular flexibility index (Phi) is 6.62. The molecule has 13 heteroatoms. The van der Waals surface area contributed by atoms with Gasteiger partial charge in [0, 0.05) is 40.5 Å². The third-order valence-electron chi connectivity index (χ3n) is 5.26. The van der Waals surface area contributed by atoms with Crippen molar-refractivity contribution in [3.63, 3.8) is 0 Å². The summed E-state index contributed by atoms with van der Waals surface area (Å²) in [4.78, 5) is 36.0. The quantitative estimate of drug-likeness (QED) is 0.338. The molecule has 190 valence electrons. The van der Waals surface area contributed by atoms with Crippen LogP contribution in [0.4, 0.5) is 24.8 Å². The number of anilines is 2.